The van der Waals surface area contributed by atoms with Gasteiger partial charge in [0.2, 0.25) is 5.41 Å². The number of esters is 2. The fourth-order valence-electron chi connectivity index (χ4n) is 3.16. The number of hydrogen-bond donors (Lipinski definition) is 1. The Kier molecular flexibility index (Phi) is 4.44. The van der Waals surface area contributed by atoms with Gasteiger partial charge in [-0.15, -0.1) is 0 Å². The summed E-state index contributed by atoms with van der Waals surface area (Å²) in [5.74, 6) is -4.10. The first-order valence-corrected chi connectivity index (χ1v) is 7.69. The van der Waals surface area contributed by atoms with Crippen molar-refractivity contribution >= 4 is 17.9 Å². The quantitative estimate of drug-likeness (QED) is 0.461. The van der Waals surface area contributed by atoms with Gasteiger partial charge in [-0.2, -0.15) is 26.3 Å². The van der Waals surface area contributed by atoms with Crippen LogP contribution in [0.4, 0.5) is 26.3 Å². The van der Waals surface area contributed by atoms with E-state index in [9.17, 15) is 40.7 Å². The van der Waals surface area contributed by atoms with E-state index in [1.54, 1.807) is 0 Å². The van der Waals surface area contributed by atoms with Gasteiger partial charge in [0.05, 0.1) is 16.7 Å². The smallest absolute Gasteiger partial charge is 0.411 e. The molecule has 1 aliphatic rings. The third-order valence-corrected chi connectivity index (χ3v) is 4.49. The highest BCUT2D eigenvalue weighted by atomic mass is 19.4. The third-order valence-electron chi connectivity index (χ3n) is 4.49. The van der Waals surface area contributed by atoms with E-state index in [2.05, 4.69) is 4.74 Å². The molecule has 1 N–H and O–H groups in total. The summed E-state index contributed by atoms with van der Waals surface area (Å²) < 4.78 is 88.3. The van der Waals surface area contributed by atoms with Crippen LogP contribution < -0.4 is 0 Å². The summed E-state index contributed by atoms with van der Waals surface area (Å²) in [4.78, 5) is 34.0. The number of cyclic esters (lactones) is 2. The molecular formula is C18H8F6O5. The number of fused-ring (bicyclic) bond motifs is 1. The largest absolute Gasteiger partial charge is 0.478 e. The average molecular weight is 418 g/mol. The minimum Gasteiger partial charge on any atom is -0.478 e. The number of rotatable bonds is 3. The Hall–Kier alpha value is -3.37. The van der Waals surface area contributed by atoms with Crippen LogP contribution in [0, 0.1) is 0 Å². The van der Waals surface area contributed by atoms with Crippen molar-refractivity contribution in [3.8, 4) is 0 Å². The first kappa shape index (κ1) is 20.4. The molecule has 2 aromatic carbocycles. The molecule has 0 bridgehead atoms. The summed E-state index contributed by atoms with van der Waals surface area (Å²) >= 11 is 0. The van der Waals surface area contributed by atoms with E-state index in [0.29, 0.717) is 42.5 Å². The van der Waals surface area contributed by atoms with E-state index in [0.717, 1.165) is 0 Å². The normalized spacial score (nSPS) is 14.6. The summed E-state index contributed by atoms with van der Waals surface area (Å²) in [5, 5.41) is 8.85. The molecule has 0 aliphatic carbocycles. The van der Waals surface area contributed by atoms with Crippen molar-refractivity contribution < 1.29 is 50.6 Å². The van der Waals surface area contributed by atoms with E-state index in [-0.39, 0.29) is 0 Å². The molecule has 2 aromatic rings. The SMILES string of the molecule is O=C(O)c1ccc(C(c2ccc3c(c2)C(=O)OC3=O)(C(F)(F)F)C(F)(F)F)cc1. The molecule has 152 valence electrons. The molecule has 11 heteroatoms. The number of carbonyl (C=O) groups is 3. The third kappa shape index (κ3) is 2.93. The molecule has 0 atom stereocenters. The number of carboxylic acids is 1. The lowest BCUT2D eigenvalue weighted by Crippen LogP contribution is -2.54. The van der Waals surface area contributed by atoms with E-state index >= 15 is 0 Å². The van der Waals surface area contributed by atoms with Gasteiger partial charge < -0.3 is 9.84 Å². The van der Waals surface area contributed by atoms with E-state index < -0.39 is 63.5 Å². The van der Waals surface area contributed by atoms with Crippen molar-refractivity contribution in [2.75, 3.05) is 0 Å². The average Bonchev–Trinajstić information content (AvgIpc) is 2.87. The van der Waals surface area contributed by atoms with Crippen LogP contribution in [0.15, 0.2) is 42.5 Å². The molecule has 0 saturated heterocycles. The van der Waals surface area contributed by atoms with Gasteiger partial charge in [0.15, 0.2) is 0 Å². The maximum Gasteiger partial charge on any atom is 0.411 e. The Bertz CT molecular complexity index is 1010. The fraction of sp³-hybridized carbons (Fsp3) is 0.167. The highest BCUT2D eigenvalue weighted by Gasteiger charge is 2.72. The first-order chi connectivity index (χ1) is 13.3. The molecule has 1 heterocycles. The minimum atomic E-state index is -5.93. The number of benzene rings is 2. The Morgan fingerprint density at radius 2 is 1.24 bits per heavy atom. The lowest BCUT2D eigenvalue weighted by molar-refractivity contribution is -0.288. The maximum absolute atomic E-state index is 14.0. The van der Waals surface area contributed by atoms with Gasteiger partial charge >= 0.3 is 30.3 Å². The standard InChI is InChI=1S/C18H8F6O5/c19-17(20,21)16(18(22,23)24,9-3-1-8(2-4-9)13(25)26)10-5-6-11-12(7-10)15(28)29-14(11)27/h1-7H,(H,25,26). The summed E-state index contributed by atoms with van der Waals surface area (Å²) in [5.41, 5.74) is -8.97. The number of halogens is 6. The second-order valence-electron chi connectivity index (χ2n) is 6.07. The number of alkyl halides is 6. The lowest BCUT2D eigenvalue weighted by Gasteiger charge is -2.38. The van der Waals surface area contributed by atoms with Crippen LogP contribution in [0.1, 0.15) is 42.2 Å². The summed E-state index contributed by atoms with van der Waals surface area (Å²) in [7, 11) is 0. The summed E-state index contributed by atoms with van der Waals surface area (Å²) in [6.07, 6.45) is -11.9. The van der Waals surface area contributed by atoms with Crippen molar-refractivity contribution in [2.24, 2.45) is 0 Å². The van der Waals surface area contributed by atoms with Crippen LogP contribution in [0.2, 0.25) is 0 Å². The van der Waals surface area contributed by atoms with Crippen LogP contribution in [0.5, 0.6) is 0 Å². The number of carbonyl (C=O) groups excluding carboxylic acids is 2. The molecule has 0 aromatic heterocycles. The molecule has 0 spiro atoms. The Morgan fingerprint density at radius 3 is 1.72 bits per heavy atom. The van der Waals surface area contributed by atoms with E-state index in [1.165, 1.54) is 0 Å². The van der Waals surface area contributed by atoms with Crippen LogP contribution in [0.3, 0.4) is 0 Å². The molecule has 3 rings (SSSR count). The predicted octanol–water partition coefficient (Wildman–Crippen LogP) is 4.11. The highest BCUT2D eigenvalue weighted by molar-refractivity contribution is 6.14. The number of carboxylic acid groups (broad SMARTS) is 1. The summed E-state index contributed by atoms with van der Waals surface area (Å²) in [6, 6.07) is 3.42. The Balaban J connectivity index is 2.35. The molecule has 0 amide bonds. The molecular weight excluding hydrogens is 410 g/mol. The van der Waals surface area contributed by atoms with Crippen molar-refractivity contribution in [3.05, 3.63) is 70.3 Å². The molecule has 0 radical (unpaired) electrons. The van der Waals surface area contributed by atoms with Crippen molar-refractivity contribution in [2.45, 2.75) is 17.8 Å². The number of aromatic carboxylic acids is 1. The first-order valence-electron chi connectivity index (χ1n) is 7.69. The lowest BCUT2D eigenvalue weighted by atomic mass is 9.72. The van der Waals surface area contributed by atoms with Gasteiger partial charge in [-0.1, -0.05) is 18.2 Å². The molecule has 29 heavy (non-hydrogen) atoms. The second kappa shape index (κ2) is 6.33. The van der Waals surface area contributed by atoms with Crippen LogP contribution in [-0.4, -0.2) is 35.4 Å². The highest BCUT2D eigenvalue weighted by Crippen LogP contribution is 2.56. The number of ether oxygens (including phenoxy) is 1. The van der Waals surface area contributed by atoms with Crippen molar-refractivity contribution in [1.82, 2.24) is 0 Å². The number of hydrogen-bond acceptors (Lipinski definition) is 4. The second-order valence-corrected chi connectivity index (χ2v) is 6.07. The van der Waals surface area contributed by atoms with E-state index in [1.807, 2.05) is 0 Å². The topological polar surface area (TPSA) is 80.7 Å². The zero-order chi connectivity index (χ0) is 21.8. The van der Waals surface area contributed by atoms with Gasteiger partial charge in [-0.05, 0) is 35.4 Å². The van der Waals surface area contributed by atoms with Gasteiger partial charge in [0.25, 0.3) is 0 Å². The van der Waals surface area contributed by atoms with Gasteiger partial charge in [0, 0.05) is 0 Å². The molecule has 0 unspecified atom stereocenters. The molecule has 5 nitrogen and oxygen atoms in total. The zero-order valence-electron chi connectivity index (χ0n) is 13.9. The molecule has 0 saturated carbocycles. The van der Waals surface area contributed by atoms with Crippen LogP contribution in [0.25, 0.3) is 0 Å². The molecule has 0 fully saturated rings. The van der Waals surface area contributed by atoms with Crippen LogP contribution in [-0.2, 0) is 10.2 Å². The van der Waals surface area contributed by atoms with Gasteiger partial charge in [-0.3, -0.25) is 0 Å². The summed E-state index contributed by atoms with van der Waals surface area (Å²) in [6.45, 7) is 0. The van der Waals surface area contributed by atoms with Crippen molar-refractivity contribution in [1.29, 1.82) is 0 Å². The Labute approximate surface area is 157 Å². The van der Waals surface area contributed by atoms with Crippen molar-refractivity contribution in [3.63, 3.8) is 0 Å². The predicted molar refractivity (Wildman–Crippen MR) is 82.5 cm³/mol. The van der Waals surface area contributed by atoms with Gasteiger partial charge in [-0.25, -0.2) is 14.4 Å². The Morgan fingerprint density at radius 1 is 0.759 bits per heavy atom. The zero-order valence-corrected chi connectivity index (χ0v) is 13.9. The maximum atomic E-state index is 14.0. The van der Waals surface area contributed by atoms with Gasteiger partial charge in [0.1, 0.15) is 0 Å². The minimum absolute atomic E-state index is 0.314. The molecule has 1 aliphatic heterocycles. The van der Waals surface area contributed by atoms with Crippen LogP contribution >= 0.6 is 0 Å². The fourth-order valence-corrected chi connectivity index (χ4v) is 3.16. The monoisotopic (exact) mass is 418 g/mol. The van der Waals surface area contributed by atoms with E-state index in [4.69, 9.17) is 5.11 Å².